The molecule has 1 saturated heterocycles. The summed E-state index contributed by atoms with van der Waals surface area (Å²) in [6.07, 6.45) is 1.22. The van der Waals surface area contributed by atoms with Crippen LogP contribution in [0.5, 0.6) is 0 Å². The van der Waals surface area contributed by atoms with E-state index in [-0.39, 0.29) is 6.04 Å². The van der Waals surface area contributed by atoms with E-state index < -0.39 is 10.0 Å². The molecule has 3 N–H and O–H groups in total. The highest BCUT2D eigenvalue weighted by Gasteiger charge is 2.27. The van der Waals surface area contributed by atoms with Gasteiger partial charge in [0.25, 0.3) is 0 Å². The average molecular weight is 193 g/mol. The SMILES string of the molecule is CS(=O)(=O)N1CCNCC1CN. The molecule has 0 aromatic carbocycles. The van der Waals surface area contributed by atoms with Gasteiger partial charge in [-0.15, -0.1) is 0 Å². The monoisotopic (exact) mass is 193 g/mol. The van der Waals surface area contributed by atoms with Crippen LogP contribution in [0, 0.1) is 0 Å². The topological polar surface area (TPSA) is 75.4 Å². The third kappa shape index (κ3) is 2.16. The van der Waals surface area contributed by atoms with Gasteiger partial charge in [-0.05, 0) is 0 Å². The summed E-state index contributed by atoms with van der Waals surface area (Å²) in [6.45, 7) is 2.27. The van der Waals surface area contributed by atoms with Crippen LogP contribution < -0.4 is 11.1 Å². The average Bonchev–Trinajstić information content (AvgIpc) is 2.03. The second-order valence-corrected chi connectivity index (χ2v) is 4.90. The van der Waals surface area contributed by atoms with E-state index in [2.05, 4.69) is 5.32 Å². The predicted octanol–water partition coefficient (Wildman–Crippen LogP) is -1.82. The number of nitrogens with one attached hydrogen (secondary N) is 1. The normalized spacial score (nSPS) is 27.3. The summed E-state index contributed by atoms with van der Waals surface area (Å²) in [7, 11) is -3.07. The lowest BCUT2D eigenvalue weighted by Crippen LogP contribution is -2.56. The maximum absolute atomic E-state index is 11.2. The van der Waals surface area contributed by atoms with Gasteiger partial charge in [0.05, 0.1) is 6.26 Å². The quantitative estimate of drug-likeness (QED) is 0.541. The van der Waals surface area contributed by atoms with Crippen molar-refractivity contribution in [3.8, 4) is 0 Å². The summed E-state index contributed by atoms with van der Waals surface area (Å²) in [6, 6.07) is -0.0752. The molecule has 1 fully saturated rings. The first kappa shape index (κ1) is 9.91. The van der Waals surface area contributed by atoms with Crippen molar-refractivity contribution in [2.75, 3.05) is 32.4 Å². The predicted molar refractivity (Wildman–Crippen MR) is 47.3 cm³/mol. The molecular weight excluding hydrogens is 178 g/mol. The van der Waals surface area contributed by atoms with E-state index >= 15 is 0 Å². The summed E-state index contributed by atoms with van der Waals surface area (Å²) in [5, 5.41) is 3.10. The molecule has 0 spiro atoms. The fourth-order valence-corrected chi connectivity index (χ4v) is 2.50. The molecule has 0 aromatic rings. The van der Waals surface area contributed by atoms with Gasteiger partial charge in [0, 0.05) is 32.2 Å². The zero-order valence-corrected chi connectivity index (χ0v) is 7.97. The second kappa shape index (κ2) is 3.69. The number of nitrogens with two attached hydrogens (primary N) is 1. The van der Waals surface area contributed by atoms with Gasteiger partial charge in [0.2, 0.25) is 10.0 Å². The molecule has 12 heavy (non-hydrogen) atoms. The van der Waals surface area contributed by atoms with Gasteiger partial charge in [-0.1, -0.05) is 0 Å². The van der Waals surface area contributed by atoms with Crippen molar-refractivity contribution in [2.24, 2.45) is 5.73 Å². The van der Waals surface area contributed by atoms with Crippen LogP contribution in [0.2, 0.25) is 0 Å². The first-order valence-electron chi connectivity index (χ1n) is 3.93. The summed E-state index contributed by atoms with van der Waals surface area (Å²) in [5.41, 5.74) is 5.44. The fourth-order valence-electron chi connectivity index (χ4n) is 1.38. The van der Waals surface area contributed by atoms with E-state index in [1.807, 2.05) is 0 Å². The molecule has 1 unspecified atom stereocenters. The van der Waals surface area contributed by atoms with Gasteiger partial charge in [-0.25, -0.2) is 8.42 Å². The van der Waals surface area contributed by atoms with Crippen molar-refractivity contribution >= 4 is 10.0 Å². The van der Waals surface area contributed by atoms with Gasteiger partial charge >= 0.3 is 0 Å². The molecule has 0 saturated carbocycles. The minimum absolute atomic E-state index is 0.0752. The Hall–Kier alpha value is -0.170. The van der Waals surface area contributed by atoms with Gasteiger partial charge in [-0.2, -0.15) is 4.31 Å². The molecule has 5 nitrogen and oxygen atoms in total. The third-order valence-corrected chi connectivity index (χ3v) is 3.33. The number of nitrogens with zero attached hydrogens (tertiary/aromatic N) is 1. The van der Waals surface area contributed by atoms with Crippen LogP contribution in [-0.4, -0.2) is 51.2 Å². The lowest BCUT2D eigenvalue weighted by Gasteiger charge is -2.33. The van der Waals surface area contributed by atoms with E-state index in [1.54, 1.807) is 0 Å². The van der Waals surface area contributed by atoms with Crippen molar-refractivity contribution in [3.63, 3.8) is 0 Å². The highest BCUT2D eigenvalue weighted by atomic mass is 32.2. The van der Waals surface area contributed by atoms with Crippen LogP contribution in [0.1, 0.15) is 0 Å². The minimum Gasteiger partial charge on any atom is -0.329 e. The van der Waals surface area contributed by atoms with E-state index in [0.29, 0.717) is 26.2 Å². The number of sulfonamides is 1. The molecule has 0 aromatic heterocycles. The molecule has 1 rings (SSSR count). The summed E-state index contributed by atoms with van der Waals surface area (Å²) >= 11 is 0. The van der Waals surface area contributed by atoms with Crippen LogP contribution >= 0.6 is 0 Å². The molecule has 1 heterocycles. The van der Waals surface area contributed by atoms with Gasteiger partial charge in [0.15, 0.2) is 0 Å². The molecule has 0 amide bonds. The number of piperazine rings is 1. The Bertz CT molecular complexity index is 239. The van der Waals surface area contributed by atoms with E-state index in [9.17, 15) is 8.42 Å². The lowest BCUT2D eigenvalue weighted by atomic mass is 10.2. The van der Waals surface area contributed by atoms with Crippen LogP contribution in [0.25, 0.3) is 0 Å². The lowest BCUT2D eigenvalue weighted by molar-refractivity contribution is 0.274. The Morgan fingerprint density at radius 1 is 1.67 bits per heavy atom. The number of hydrogen-bond acceptors (Lipinski definition) is 4. The summed E-state index contributed by atoms with van der Waals surface area (Å²) in [5.74, 6) is 0. The van der Waals surface area contributed by atoms with Crippen molar-refractivity contribution in [2.45, 2.75) is 6.04 Å². The van der Waals surface area contributed by atoms with Gasteiger partial charge in [-0.3, -0.25) is 0 Å². The first-order chi connectivity index (χ1) is 5.55. The number of hydrogen-bond donors (Lipinski definition) is 2. The highest BCUT2D eigenvalue weighted by Crippen LogP contribution is 2.06. The zero-order chi connectivity index (χ0) is 9.19. The van der Waals surface area contributed by atoms with Gasteiger partial charge in [0.1, 0.15) is 0 Å². The van der Waals surface area contributed by atoms with Crippen molar-refractivity contribution in [3.05, 3.63) is 0 Å². The molecule has 0 aliphatic carbocycles. The Morgan fingerprint density at radius 3 is 2.75 bits per heavy atom. The van der Waals surface area contributed by atoms with E-state index in [4.69, 9.17) is 5.73 Å². The Kier molecular flexibility index (Phi) is 3.05. The van der Waals surface area contributed by atoms with Crippen LogP contribution in [0.3, 0.4) is 0 Å². The molecule has 6 heteroatoms. The second-order valence-electron chi connectivity index (χ2n) is 2.97. The van der Waals surface area contributed by atoms with Crippen LogP contribution in [0.4, 0.5) is 0 Å². The smallest absolute Gasteiger partial charge is 0.211 e. The molecule has 72 valence electrons. The fraction of sp³-hybridized carbons (Fsp3) is 1.00. The first-order valence-corrected chi connectivity index (χ1v) is 5.78. The molecule has 1 aliphatic heterocycles. The largest absolute Gasteiger partial charge is 0.329 e. The Labute approximate surface area is 73.0 Å². The maximum atomic E-state index is 11.2. The molecule has 1 aliphatic rings. The Balaban J connectivity index is 2.72. The Morgan fingerprint density at radius 2 is 2.33 bits per heavy atom. The van der Waals surface area contributed by atoms with E-state index in [0.717, 1.165) is 0 Å². The minimum atomic E-state index is -3.07. The molecular formula is C6H15N3O2S. The summed E-state index contributed by atoms with van der Waals surface area (Å²) in [4.78, 5) is 0. The van der Waals surface area contributed by atoms with Gasteiger partial charge < -0.3 is 11.1 Å². The van der Waals surface area contributed by atoms with Crippen molar-refractivity contribution in [1.82, 2.24) is 9.62 Å². The van der Waals surface area contributed by atoms with Crippen molar-refractivity contribution < 1.29 is 8.42 Å². The highest BCUT2D eigenvalue weighted by molar-refractivity contribution is 7.88. The number of rotatable bonds is 2. The summed E-state index contributed by atoms with van der Waals surface area (Å²) < 4.78 is 23.9. The molecule has 0 radical (unpaired) electrons. The standard InChI is InChI=1S/C6H15N3O2S/c1-12(10,11)9-3-2-8-5-6(9)4-7/h6,8H,2-5,7H2,1H3. The van der Waals surface area contributed by atoms with Crippen LogP contribution in [-0.2, 0) is 10.0 Å². The van der Waals surface area contributed by atoms with Crippen LogP contribution in [0.15, 0.2) is 0 Å². The third-order valence-electron chi connectivity index (χ3n) is 1.99. The van der Waals surface area contributed by atoms with Crippen molar-refractivity contribution in [1.29, 1.82) is 0 Å². The molecule has 0 bridgehead atoms. The maximum Gasteiger partial charge on any atom is 0.211 e. The van der Waals surface area contributed by atoms with E-state index in [1.165, 1.54) is 10.6 Å². The molecule has 1 atom stereocenters. The zero-order valence-electron chi connectivity index (χ0n) is 7.16.